The molecular weight excluding hydrogens is 258 g/mol. The lowest BCUT2D eigenvalue weighted by molar-refractivity contribution is 0.131. The average molecular weight is 293 g/mol. The van der Waals surface area contributed by atoms with Crippen LogP contribution < -0.4 is 0 Å². The third kappa shape index (κ3) is 3.62. The topological polar surface area (TPSA) is 9.72 Å². The molecule has 3 aliphatic heterocycles. The van der Waals surface area contributed by atoms with Crippen LogP contribution in [0.5, 0.6) is 0 Å². The van der Waals surface area contributed by atoms with Crippen molar-refractivity contribution in [3.63, 3.8) is 0 Å². The third-order valence-electron chi connectivity index (χ3n) is 6.46. The van der Waals surface area contributed by atoms with Crippen LogP contribution in [0.2, 0.25) is 0 Å². The Labute approximate surface area is 131 Å². The number of rotatable bonds is 2. The zero-order valence-corrected chi connectivity index (χ0v) is 14.4. The highest BCUT2D eigenvalue weighted by Gasteiger charge is 2.40. The van der Waals surface area contributed by atoms with Gasteiger partial charge in [-0.05, 0) is 78.2 Å². The molecule has 0 saturated carbocycles. The van der Waals surface area contributed by atoms with Crippen LogP contribution >= 0.6 is 0 Å². The van der Waals surface area contributed by atoms with Crippen molar-refractivity contribution in [3.8, 4) is 0 Å². The zero-order chi connectivity index (χ0) is 14.8. The summed E-state index contributed by atoms with van der Waals surface area (Å²) in [6, 6.07) is 1.69. The normalized spacial score (nSPS) is 41.3. The van der Waals surface area contributed by atoms with E-state index in [1.54, 1.807) is 0 Å². The predicted octanol–water partition coefficient (Wildman–Crippen LogP) is 2.52. The monoisotopic (exact) mass is 293 g/mol. The first-order chi connectivity index (χ1) is 10.1. The van der Waals surface area contributed by atoms with Crippen LogP contribution in [0.25, 0.3) is 0 Å². The molecule has 3 fully saturated rings. The molecule has 0 aromatic carbocycles. The van der Waals surface area contributed by atoms with E-state index in [1.165, 1.54) is 71.1 Å². The Hall–Kier alpha value is -0.120. The Morgan fingerprint density at radius 3 is 2.24 bits per heavy atom. The van der Waals surface area contributed by atoms with E-state index in [9.17, 15) is 0 Å². The molecule has 3 saturated heterocycles. The van der Waals surface area contributed by atoms with Gasteiger partial charge in [-0.3, -0.25) is 0 Å². The summed E-state index contributed by atoms with van der Waals surface area (Å²) in [5.41, 5.74) is 0. The minimum absolute atomic E-state index is 0.839. The van der Waals surface area contributed by atoms with E-state index in [1.807, 2.05) is 0 Å². The van der Waals surface area contributed by atoms with Crippen molar-refractivity contribution in [1.82, 2.24) is 14.7 Å². The summed E-state index contributed by atoms with van der Waals surface area (Å²) in [6.45, 7) is 5.28. The molecule has 0 N–H and O–H groups in total. The molecule has 4 unspecified atom stereocenters. The molecule has 3 nitrogen and oxygen atoms in total. The lowest BCUT2D eigenvalue weighted by atomic mass is 9.85. The molecule has 21 heavy (non-hydrogen) atoms. The Kier molecular flexibility index (Phi) is 5.23. The molecule has 3 heterocycles. The van der Waals surface area contributed by atoms with E-state index in [2.05, 4.69) is 35.8 Å². The number of hydrogen-bond donors (Lipinski definition) is 0. The van der Waals surface area contributed by atoms with Crippen molar-refractivity contribution in [2.24, 2.45) is 11.8 Å². The molecule has 0 aliphatic carbocycles. The molecule has 4 atom stereocenters. The van der Waals surface area contributed by atoms with Crippen LogP contribution in [0.1, 0.15) is 44.9 Å². The van der Waals surface area contributed by atoms with Gasteiger partial charge in [-0.2, -0.15) is 0 Å². The maximum Gasteiger partial charge on any atom is 0.0136 e. The van der Waals surface area contributed by atoms with Crippen molar-refractivity contribution in [1.29, 1.82) is 0 Å². The highest BCUT2D eigenvalue weighted by Crippen LogP contribution is 2.36. The van der Waals surface area contributed by atoms with Gasteiger partial charge in [-0.25, -0.2) is 0 Å². The molecule has 0 aromatic rings. The van der Waals surface area contributed by atoms with E-state index in [0.29, 0.717) is 0 Å². The SMILES string of the molecule is CN1CCCCC(C2CC(C3CCCCN3C)CN2C)C1. The van der Waals surface area contributed by atoms with Crippen molar-refractivity contribution in [2.75, 3.05) is 47.3 Å². The average Bonchev–Trinajstić information content (AvgIpc) is 2.71. The second-order valence-corrected chi connectivity index (χ2v) is 8.06. The first-order valence-corrected chi connectivity index (χ1v) is 9.24. The molecule has 3 rings (SSSR count). The maximum absolute atomic E-state index is 2.71. The van der Waals surface area contributed by atoms with Gasteiger partial charge in [0.15, 0.2) is 0 Å². The summed E-state index contributed by atoms with van der Waals surface area (Å²) < 4.78 is 0. The largest absolute Gasteiger partial charge is 0.306 e. The van der Waals surface area contributed by atoms with Crippen LogP contribution in [0.3, 0.4) is 0 Å². The van der Waals surface area contributed by atoms with E-state index in [0.717, 1.165) is 23.9 Å². The Bertz CT molecular complexity index is 332. The lowest BCUT2D eigenvalue weighted by Crippen LogP contribution is -2.42. The number of hydrogen-bond acceptors (Lipinski definition) is 3. The molecule has 0 bridgehead atoms. The molecule has 0 amide bonds. The van der Waals surface area contributed by atoms with E-state index in [4.69, 9.17) is 0 Å². The molecule has 0 aromatic heterocycles. The van der Waals surface area contributed by atoms with E-state index in [-0.39, 0.29) is 0 Å². The van der Waals surface area contributed by atoms with Gasteiger partial charge in [-0.1, -0.05) is 12.8 Å². The van der Waals surface area contributed by atoms with E-state index >= 15 is 0 Å². The molecule has 122 valence electrons. The van der Waals surface area contributed by atoms with E-state index < -0.39 is 0 Å². The minimum atomic E-state index is 0.839. The van der Waals surface area contributed by atoms with Gasteiger partial charge >= 0.3 is 0 Å². The minimum Gasteiger partial charge on any atom is -0.306 e. The number of likely N-dealkylation sites (tertiary alicyclic amines) is 3. The van der Waals surface area contributed by atoms with Crippen LogP contribution in [-0.4, -0.2) is 74.1 Å². The zero-order valence-electron chi connectivity index (χ0n) is 14.4. The number of nitrogens with zero attached hydrogens (tertiary/aromatic N) is 3. The molecular formula is C18H35N3. The van der Waals surface area contributed by atoms with Crippen LogP contribution in [0.15, 0.2) is 0 Å². The molecule has 0 spiro atoms. The van der Waals surface area contributed by atoms with Gasteiger partial charge in [0.1, 0.15) is 0 Å². The molecule has 3 heteroatoms. The Balaban J connectivity index is 1.62. The van der Waals surface area contributed by atoms with Gasteiger partial charge in [0.2, 0.25) is 0 Å². The Morgan fingerprint density at radius 1 is 0.667 bits per heavy atom. The first kappa shape index (κ1) is 15.8. The fourth-order valence-electron chi connectivity index (χ4n) is 5.28. The summed E-state index contributed by atoms with van der Waals surface area (Å²) >= 11 is 0. The summed E-state index contributed by atoms with van der Waals surface area (Å²) in [5.74, 6) is 1.82. The second kappa shape index (κ2) is 6.97. The fourth-order valence-corrected chi connectivity index (χ4v) is 5.28. The standard InChI is InChI=1S/C18H35N3/c1-19-10-6-4-8-15(13-19)18-12-16(14-21(18)3)17-9-5-7-11-20(17)2/h15-18H,4-14H2,1-3H3. The molecule has 0 radical (unpaired) electrons. The summed E-state index contributed by atoms with van der Waals surface area (Å²) in [7, 11) is 7.06. The summed E-state index contributed by atoms with van der Waals surface area (Å²) in [4.78, 5) is 7.94. The van der Waals surface area contributed by atoms with Crippen molar-refractivity contribution in [2.45, 2.75) is 57.0 Å². The third-order valence-corrected chi connectivity index (χ3v) is 6.46. The first-order valence-electron chi connectivity index (χ1n) is 9.24. The lowest BCUT2D eigenvalue weighted by Gasteiger charge is -2.36. The summed E-state index contributed by atoms with van der Waals surface area (Å²) in [5, 5.41) is 0. The van der Waals surface area contributed by atoms with Crippen LogP contribution in [-0.2, 0) is 0 Å². The number of piperidine rings is 1. The van der Waals surface area contributed by atoms with Crippen LogP contribution in [0.4, 0.5) is 0 Å². The maximum atomic E-state index is 2.71. The quantitative estimate of drug-likeness (QED) is 0.774. The van der Waals surface area contributed by atoms with Gasteiger partial charge in [0.05, 0.1) is 0 Å². The Morgan fingerprint density at radius 2 is 1.43 bits per heavy atom. The van der Waals surface area contributed by atoms with Gasteiger partial charge in [0, 0.05) is 25.2 Å². The van der Waals surface area contributed by atoms with Gasteiger partial charge < -0.3 is 14.7 Å². The highest BCUT2D eigenvalue weighted by atomic mass is 15.2. The van der Waals surface area contributed by atoms with Crippen molar-refractivity contribution >= 4 is 0 Å². The van der Waals surface area contributed by atoms with Gasteiger partial charge in [0.25, 0.3) is 0 Å². The van der Waals surface area contributed by atoms with Gasteiger partial charge in [-0.15, -0.1) is 0 Å². The predicted molar refractivity (Wildman–Crippen MR) is 89.6 cm³/mol. The smallest absolute Gasteiger partial charge is 0.0136 e. The summed E-state index contributed by atoms with van der Waals surface area (Å²) in [6.07, 6.45) is 10.0. The van der Waals surface area contributed by atoms with Crippen LogP contribution in [0, 0.1) is 11.8 Å². The van der Waals surface area contributed by atoms with Crippen molar-refractivity contribution in [3.05, 3.63) is 0 Å². The molecule has 3 aliphatic rings. The van der Waals surface area contributed by atoms with Crippen molar-refractivity contribution < 1.29 is 0 Å². The fraction of sp³-hybridized carbons (Fsp3) is 1.00. The highest BCUT2D eigenvalue weighted by molar-refractivity contribution is 4.95. The second-order valence-electron chi connectivity index (χ2n) is 8.06.